The predicted octanol–water partition coefficient (Wildman–Crippen LogP) is 2.24. The monoisotopic (exact) mass is 525 g/mol. The van der Waals surface area contributed by atoms with Gasteiger partial charge in [0.15, 0.2) is 5.96 Å². The van der Waals surface area contributed by atoms with E-state index in [1.165, 1.54) is 50.3 Å². The van der Waals surface area contributed by atoms with E-state index in [4.69, 9.17) is 9.73 Å². The van der Waals surface area contributed by atoms with Crippen LogP contribution in [0.4, 0.5) is 0 Å². The van der Waals surface area contributed by atoms with Gasteiger partial charge in [-0.25, -0.2) is 0 Å². The molecule has 6 nitrogen and oxygen atoms in total. The first-order valence-corrected chi connectivity index (χ1v) is 12.1. The summed E-state index contributed by atoms with van der Waals surface area (Å²) < 4.78 is 5.47. The highest BCUT2D eigenvalue weighted by Crippen LogP contribution is 2.37. The molecular formula is C20H40IN5OS. The molecule has 0 amide bonds. The molecule has 1 unspecified atom stereocenters. The fourth-order valence-corrected chi connectivity index (χ4v) is 5.51. The Balaban J connectivity index is 0.00000280. The molecule has 8 heteroatoms. The van der Waals surface area contributed by atoms with Gasteiger partial charge in [0, 0.05) is 62.4 Å². The fraction of sp³-hybridized carbons (Fsp3) is 0.950. The largest absolute Gasteiger partial charge is 0.379 e. The topological polar surface area (TPSA) is 52.1 Å². The van der Waals surface area contributed by atoms with Crippen molar-refractivity contribution in [2.24, 2.45) is 4.99 Å². The molecule has 0 radical (unpaired) electrons. The molecule has 3 fully saturated rings. The molecule has 2 saturated heterocycles. The van der Waals surface area contributed by atoms with Gasteiger partial charge in [-0.2, -0.15) is 11.8 Å². The molecule has 1 aliphatic carbocycles. The number of nitrogens with zero attached hydrogens (tertiary/aromatic N) is 3. The second-order valence-electron chi connectivity index (χ2n) is 8.10. The highest BCUT2D eigenvalue weighted by atomic mass is 127. The van der Waals surface area contributed by atoms with Crippen molar-refractivity contribution < 1.29 is 4.74 Å². The van der Waals surface area contributed by atoms with Crippen LogP contribution in [0.25, 0.3) is 0 Å². The van der Waals surface area contributed by atoms with E-state index in [1.807, 2.05) is 0 Å². The number of ether oxygens (including phenoxy) is 1. The van der Waals surface area contributed by atoms with Crippen LogP contribution in [0.3, 0.4) is 0 Å². The van der Waals surface area contributed by atoms with Crippen molar-refractivity contribution in [3.8, 4) is 0 Å². The van der Waals surface area contributed by atoms with E-state index in [-0.39, 0.29) is 24.0 Å². The lowest BCUT2D eigenvalue weighted by molar-refractivity contribution is 0.0211. The lowest BCUT2D eigenvalue weighted by atomic mass is 9.95. The van der Waals surface area contributed by atoms with Crippen LogP contribution < -0.4 is 10.6 Å². The van der Waals surface area contributed by atoms with Gasteiger partial charge in [0.2, 0.25) is 0 Å². The third-order valence-corrected chi connectivity index (χ3v) is 7.27. The Morgan fingerprint density at radius 2 is 1.79 bits per heavy atom. The summed E-state index contributed by atoms with van der Waals surface area (Å²) in [7, 11) is 0. The second-order valence-corrected chi connectivity index (χ2v) is 9.33. The molecule has 28 heavy (non-hydrogen) atoms. The van der Waals surface area contributed by atoms with Gasteiger partial charge in [-0.15, -0.1) is 24.0 Å². The number of halogens is 1. The lowest BCUT2D eigenvalue weighted by Gasteiger charge is -2.42. The summed E-state index contributed by atoms with van der Waals surface area (Å²) in [6, 6.07) is 0.498. The number of thioether (sulfide) groups is 1. The zero-order chi connectivity index (χ0) is 19.0. The molecule has 2 N–H and O–H groups in total. The summed E-state index contributed by atoms with van der Waals surface area (Å²) in [5, 5.41) is 7.05. The van der Waals surface area contributed by atoms with Crippen molar-refractivity contribution in [1.29, 1.82) is 0 Å². The number of hydrogen-bond acceptors (Lipinski definition) is 5. The normalized spacial score (nSPS) is 25.1. The number of aliphatic imine (C=N–C) groups is 1. The molecule has 164 valence electrons. The Bertz CT molecular complexity index is 464. The van der Waals surface area contributed by atoms with Crippen LogP contribution in [-0.4, -0.2) is 97.9 Å². The van der Waals surface area contributed by atoms with Crippen LogP contribution in [0.2, 0.25) is 0 Å². The Kier molecular flexibility index (Phi) is 11.2. The minimum Gasteiger partial charge on any atom is -0.379 e. The number of rotatable bonds is 7. The lowest BCUT2D eigenvalue weighted by Crippen LogP contribution is -2.53. The van der Waals surface area contributed by atoms with Crippen molar-refractivity contribution >= 4 is 41.7 Å². The molecule has 3 rings (SSSR count). The molecule has 2 aliphatic heterocycles. The minimum atomic E-state index is 0. The number of nitrogens with one attached hydrogen (secondary N) is 2. The van der Waals surface area contributed by atoms with Gasteiger partial charge in [-0.05, 0) is 26.7 Å². The van der Waals surface area contributed by atoms with Crippen molar-refractivity contribution in [3.63, 3.8) is 0 Å². The first-order chi connectivity index (χ1) is 13.2. The summed E-state index contributed by atoms with van der Waals surface area (Å²) in [6.07, 6.45) is 5.34. The molecule has 0 spiro atoms. The summed E-state index contributed by atoms with van der Waals surface area (Å²) in [4.78, 5) is 10.3. The molecule has 2 heterocycles. The van der Waals surface area contributed by atoms with Gasteiger partial charge in [0.05, 0.1) is 19.8 Å². The first kappa shape index (κ1) is 24.5. The van der Waals surface area contributed by atoms with E-state index in [2.05, 4.69) is 46.0 Å². The zero-order valence-electron chi connectivity index (χ0n) is 17.8. The highest BCUT2D eigenvalue weighted by molar-refractivity contribution is 14.0. The highest BCUT2D eigenvalue weighted by Gasteiger charge is 2.39. The van der Waals surface area contributed by atoms with Gasteiger partial charge in [0.25, 0.3) is 0 Å². The Hall–Kier alpha value is 0.230. The van der Waals surface area contributed by atoms with E-state index in [0.29, 0.717) is 11.6 Å². The third kappa shape index (κ3) is 6.89. The average Bonchev–Trinajstić information content (AvgIpc) is 3.21. The van der Waals surface area contributed by atoms with Crippen LogP contribution in [-0.2, 0) is 4.74 Å². The summed E-state index contributed by atoms with van der Waals surface area (Å²) in [5.41, 5.74) is 0.305. The predicted molar refractivity (Wildman–Crippen MR) is 131 cm³/mol. The molecule has 0 aromatic rings. The van der Waals surface area contributed by atoms with Crippen LogP contribution in [0.15, 0.2) is 4.99 Å². The molecule has 0 aromatic carbocycles. The summed E-state index contributed by atoms with van der Waals surface area (Å²) in [6.45, 7) is 13.5. The SMILES string of the molecule is CCNC(=NCC1(N2CCSCC2)CCCC1)NCC(C)N1CCOCC1.I. The fourth-order valence-electron chi connectivity index (χ4n) is 4.60. The molecule has 0 aromatic heterocycles. The molecular weight excluding hydrogens is 485 g/mol. The van der Waals surface area contributed by atoms with E-state index in [0.717, 1.165) is 51.9 Å². The van der Waals surface area contributed by atoms with Crippen molar-refractivity contribution in [2.75, 3.05) is 70.5 Å². The average molecular weight is 526 g/mol. The summed E-state index contributed by atoms with van der Waals surface area (Å²) >= 11 is 2.10. The van der Waals surface area contributed by atoms with Crippen LogP contribution in [0, 0.1) is 0 Å². The molecule has 0 bridgehead atoms. The first-order valence-electron chi connectivity index (χ1n) is 10.9. The van der Waals surface area contributed by atoms with Gasteiger partial charge in [-0.3, -0.25) is 14.8 Å². The van der Waals surface area contributed by atoms with Crippen molar-refractivity contribution in [3.05, 3.63) is 0 Å². The maximum atomic E-state index is 5.47. The standard InChI is InChI=1S/C20H39N5OS.HI/c1-3-21-19(22-16-18(2)24-8-12-26-13-9-24)23-17-20(6-4-5-7-20)25-10-14-27-15-11-25;/h18H,3-17H2,1-2H3,(H2,21,22,23);1H. The maximum absolute atomic E-state index is 5.47. The van der Waals surface area contributed by atoms with Gasteiger partial charge < -0.3 is 15.4 Å². The third-order valence-electron chi connectivity index (χ3n) is 6.33. The Morgan fingerprint density at radius 1 is 1.11 bits per heavy atom. The maximum Gasteiger partial charge on any atom is 0.191 e. The van der Waals surface area contributed by atoms with Gasteiger partial charge in [0.1, 0.15) is 0 Å². The van der Waals surface area contributed by atoms with Gasteiger partial charge >= 0.3 is 0 Å². The minimum absolute atomic E-state index is 0. The van der Waals surface area contributed by atoms with E-state index in [1.54, 1.807) is 0 Å². The number of hydrogen-bond donors (Lipinski definition) is 2. The van der Waals surface area contributed by atoms with Crippen molar-refractivity contribution in [2.45, 2.75) is 51.1 Å². The number of guanidine groups is 1. The molecule has 3 aliphatic rings. The van der Waals surface area contributed by atoms with E-state index < -0.39 is 0 Å². The van der Waals surface area contributed by atoms with Crippen molar-refractivity contribution in [1.82, 2.24) is 20.4 Å². The smallest absolute Gasteiger partial charge is 0.191 e. The van der Waals surface area contributed by atoms with E-state index >= 15 is 0 Å². The van der Waals surface area contributed by atoms with Gasteiger partial charge in [-0.1, -0.05) is 12.8 Å². The van der Waals surface area contributed by atoms with Crippen LogP contribution in [0.5, 0.6) is 0 Å². The number of morpholine rings is 1. The van der Waals surface area contributed by atoms with Crippen LogP contribution >= 0.6 is 35.7 Å². The quantitative estimate of drug-likeness (QED) is 0.302. The molecule has 1 saturated carbocycles. The van der Waals surface area contributed by atoms with Crippen LogP contribution in [0.1, 0.15) is 39.5 Å². The molecule has 1 atom stereocenters. The summed E-state index contributed by atoms with van der Waals surface area (Å²) in [5.74, 6) is 3.54. The Morgan fingerprint density at radius 3 is 2.43 bits per heavy atom. The zero-order valence-corrected chi connectivity index (χ0v) is 20.9. The second kappa shape index (κ2) is 12.8. The Labute approximate surface area is 193 Å². The van der Waals surface area contributed by atoms with E-state index in [9.17, 15) is 0 Å².